The highest BCUT2D eigenvalue weighted by Gasteiger charge is 2.69. The van der Waals surface area contributed by atoms with Gasteiger partial charge in [0.1, 0.15) is 24.4 Å². The Morgan fingerprint density at radius 2 is 1.49 bits per heavy atom. The molecule has 0 aromatic carbocycles. The van der Waals surface area contributed by atoms with Crippen molar-refractivity contribution in [1.29, 1.82) is 0 Å². The van der Waals surface area contributed by atoms with Crippen molar-refractivity contribution in [2.24, 2.45) is 50.2 Å². The van der Waals surface area contributed by atoms with Gasteiger partial charge in [0.05, 0.1) is 18.8 Å². The van der Waals surface area contributed by atoms with Crippen LogP contribution in [0.2, 0.25) is 0 Å². The Bertz CT molecular complexity index is 1070. The van der Waals surface area contributed by atoms with Crippen LogP contribution >= 0.6 is 0 Å². The molecule has 1 aliphatic heterocycles. The van der Waals surface area contributed by atoms with Gasteiger partial charge in [0, 0.05) is 5.41 Å². The lowest BCUT2D eigenvalue weighted by Crippen LogP contribution is -2.67. The van der Waals surface area contributed by atoms with E-state index in [0.717, 1.165) is 57.8 Å². The van der Waals surface area contributed by atoms with Crippen molar-refractivity contribution in [3.05, 3.63) is 11.6 Å². The summed E-state index contributed by atoms with van der Waals surface area (Å²) < 4.78 is 5.90. The predicted octanol–water partition coefficient (Wildman–Crippen LogP) is 4.99. The Morgan fingerprint density at radius 3 is 2.20 bits per heavy atom. The van der Waals surface area contributed by atoms with Gasteiger partial charge in [0.2, 0.25) is 0 Å². The second-order valence-corrected chi connectivity index (χ2v) is 17.6. The van der Waals surface area contributed by atoms with Crippen LogP contribution in [0.3, 0.4) is 0 Å². The maximum Gasteiger partial charge on any atom is 0.113 e. The highest BCUT2D eigenvalue weighted by atomic mass is 16.5. The van der Waals surface area contributed by atoms with Crippen molar-refractivity contribution < 1.29 is 30.3 Å². The summed E-state index contributed by atoms with van der Waals surface area (Å²) in [5, 5.41) is 54.7. The smallest absolute Gasteiger partial charge is 0.113 e. The molecule has 1 heterocycles. The fraction of sp³-hybridized carbons (Fsp3) is 0.943. The average Bonchev–Trinajstić information content (AvgIpc) is 2.89. The zero-order valence-electron chi connectivity index (χ0n) is 26.7. The maximum atomic E-state index is 12.1. The number of aliphatic hydroxyl groups excluding tert-OH is 5. The van der Waals surface area contributed by atoms with Gasteiger partial charge in [0.15, 0.2) is 0 Å². The van der Waals surface area contributed by atoms with E-state index in [9.17, 15) is 25.5 Å². The number of ether oxygens (including phenoxy) is 1. The maximum absolute atomic E-state index is 12.1. The minimum atomic E-state index is -1.31. The normalized spacial score (nSPS) is 55.0. The first-order valence-electron chi connectivity index (χ1n) is 16.7. The Balaban J connectivity index is 1.40. The van der Waals surface area contributed by atoms with Crippen LogP contribution in [0.15, 0.2) is 11.6 Å². The standard InChI is InChI=1S/C35H58O6/c1-30(2)14-16-35(29(40)28-27(39)26(38)22(36)19-41-28)17-15-33(6)20(21(35)18-30)8-9-24-32(5)12-11-25(37)31(3,4)23(32)10-13-34(24,33)7/h8,21-29,36-40H,9-19H2,1-7H3/t21?,22-,23?,24?,25+,26?,27?,28-,29?,32+,33-,34-,35+/m1/s1. The van der Waals surface area contributed by atoms with Gasteiger partial charge in [-0.3, -0.25) is 0 Å². The number of aliphatic hydroxyl groups is 5. The first-order valence-corrected chi connectivity index (χ1v) is 16.7. The molecule has 6 unspecified atom stereocenters. The van der Waals surface area contributed by atoms with E-state index >= 15 is 0 Å². The van der Waals surface area contributed by atoms with Crippen molar-refractivity contribution in [3.63, 3.8) is 0 Å². The van der Waals surface area contributed by atoms with Crippen LogP contribution in [-0.4, -0.2) is 68.8 Å². The van der Waals surface area contributed by atoms with Crippen molar-refractivity contribution in [1.82, 2.24) is 0 Å². The summed E-state index contributed by atoms with van der Waals surface area (Å²) in [6.07, 6.45) is 6.89. The lowest BCUT2D eigenvalue weighted by Gasteiger charge is -2.72. The van der Waals surface area contributed by atoms with Crippen LogP contribution in [-0.2, 0) is 4.74 Å². The van der Waals surface area contributed by atoms with E-state index in [0.29, 0.717) is 11.8 Å². The monoisotopic (exact) mass is 574 g/mol. The highest BCUT2D eigenvalue weighted by molar-refractivity contribution is 5.34. The molecule has 0 spiro atoms. The van der Waals surface area contributed by atoms with Crippen LogP contribution in [0.25, 0.3) is 0 Å². The molecule has 0 aromatic rings. The SMILES string of the molecule is CC1(C)CC[C@]2(C(O)[C@@H]3OC[C@@H](O)C(O)C3O)CC[C@]3(C)C(=CCC4[C@@]5(C)CC[C@H](O)C(C)(C)C5CC[C@]43C)C2C1. The molecule has 0 amide bonds. The zero-order valence-corrected chi connectivity index (χ0v) is 26.7. The minimum Gasteiger partial charge on any atom is -0.393 e. The lowest BCUT2D eigenvalue weighted by molar-refractivity contribution is -0.246. The van der Waals surface area contributed by atoms with E-state index in [-0.39, 0.29) is 45.7 Å². The molecule has 41 heavy (non-hydrogen) atoms. The third kappa shape index (κ3) is 4.02. The quantitative estimate of drug-likeness (QED) is 0.297. The molecule has 6 heteroatoms. The molecule has 5 N–H and O–H groups in total. The molecule has 0 aromatic heterocycles. The van der Waals surface area contributed by atoms with Gasteiger partial charge < -0.3 is 30.3 Å². The van der Waals surface area contributed by atoms with Gasteiger partial charge in [-0.2, -0.15) is 0 Å². The van der Waals surface area contributed by atoms with Crippen LogP contribution in [0.4, 0.5) is 0 Å². The van der Waals surface area contributed by atoms with Crippen molar-refractivity contribution >= 4 is 0 Å². The van der Waals surface area contributed by atoms with Crippen molar-refractivity contribution in [2.45, 2.75) is 149 Å². The molecular formula is C35H58O6. The molecule has 234 valence electrons. The van der Waals surface area contributed by atoms with E-state index in [1.165, 1.54) is 12.0 Å². The first kappa shape index (κ1) is 30.5. The van der Waals surface area contributed by atoms with Crippen LogP contribution in [0.5, 0.6) is 0 Å². The molecule has 13 atom stereocenters. The molecule has 6 aliphatic rings. The van der Waals surface area contributed by atoms with Gasteiger partial charge in [-0.1, -0.05) is 60.1 Å². The number of rotatable bonds is 2. The lowest BCUT2D eigenvalue weighted by atomic mass is 9.33. The van der Waals surface area contributed by atoms with E-state index in [2.05, 4.69) is 54.5 Å². The summed E-state index contributed by atoms with van der Waals surface area (Å²) in [5.41, 5.74) is 1.54. The van der Waals surface area contributed by atoms with Crippen molar-refractivity contribution in [2.75, 3.05) is 6.61 Å². The van der Waals surface area contributed by atoms with Crippen LogP contribution < -0.4 is 0 Å². The highest BCUT2D eigenvalue weighted by Crippen LogP contribution is 2.76. The summed E-state index contributed by atoms with van der Waals surface area (Å²) >= 11 is 0. The molecule has 5 aliphatic carbocycles. The van der Waals surface area contributed by atoms with Gasteiger partial charge >= 0.3 is 0 Å². The molecule has 1 saturated heterocycles. The Morgan fingerprint density at radius 1 is 0.805 bits per heavy atom. The van der Waals surface area contributed by atoms with Gasteiger partial charge in [-0.15, -0.1) is 0 Å². The van der Waals surface area contributed by atoms with Crippen LogP contribution in [0.1, 0.15) is 113 Å². The third-order valence-electron chi connectivity index (χ3n) is 15.1. The molecule has 0 radical (unpaired) electrons. The first-order chi connectivity index (χ1) is 18.9. The van der Waals surface area contributed by atoms with Crippen LogP contribution in [0, 0.1) is 50.2 Å². The molecule has 5 fully saturated rings. The van der Waals surface area contributed by atoms with E-state index in [4.69, 9.17) is 4.74 Å². The fourth-order valence-corrected chi connectivity index (χ4v) is 12.2. The minimum absolute atomic E-state index is 0.0210. The largest absolute Gasteiger partial charge is 0.393 e. The summed E-state index contributed by atoms with van der Waals surface area (Å²) in [6.45, 7) is 16.9. The number of fused-ring (bicyclic) bond motifs is 7. The number of hydrogen-bond acceptors (Lipinski definition) is 6. The summed E-state index contributed by atoms with van der Waals surface area (Å²) in [5.74, 6) is 1.26. The fourth-order valence-electron chi connectivity index (χ4n) is 12.2. The predicted molar refractivity (Wildman–Crippen MR) is 159 cm³/mol. The summed E-state index contributed by atoms with van der Waals surface area (Å²) in [4.78, 5) is 0. The van der Waals surface area contributed by atoms with Gasteiger partial charge in [0.25, 0.3) is 0 Å². The van der Waals surface area contributed by atoms with Crippen molar-refractivity contribution in [3.8, 4) is 0 Å². The Hall–Kier alpha value is -0.500. The molecule has 6 rings (SSSR count). The molecular weight excluding hydrogens is 516 g/mol. The average molecular weight is 575 g/mol. The van der Waals surface area contributed by atoms with E-state index in [1.54, 1.807) is 0 Å². The number of hydrogen-bond donors (Lipinski definition) is 5. The molecule has 4 saturated carbocycles. The third-order valence-corrected chi connectivity index (χ3v) is 15.1. The van der Waals surface area contributed by atoms with Gasteiger partial charge in [-0.05, 0) is 109 Å². The Labute approximate surface area is 248 Å². The summed E-state index contributed by atoms with van der Waals surface area (Å²) in [7, 11) is 0. The van der Waals surface area contributed by atoms with Gasteiger partial charge in [-0.25, -0.2) is 0 Å². The van der Waals surface area contributed by atoms with E-state index < -0.39 is 35.9 Å². The van der Waals surface area contributed by atoms with E-state index in [1.807, 2.05) is 0 Å². The molecule has 6 nitrogen and oxygen atoms in total. The Kier molecular flexibility index (Phi) is 7.07. The zero-order chi connectivity index (χ0) is 30.0. The second-order valence-electron chi connectivity index (χ2n) is 17.6. The topological polar surface area (TPSA) is 110 Å². The number of allylic oxidation sites excluding steroid dienone is 2. The summed E-state index contributed by atoms with van der Waals surface area (Å²) in [6, 6.07) is 0. The second kappa shape index (κ2) is 9.50. The molecule has 0 bridgehead atoms.